The van der Waals surface area contributed by atoms with Crippen molar-refractivity contribution in [3.05, 3.63) is 59.5 Å². The van der Waals surface area contributed by atoms with E-state index in [9.17, 15) is 4.79 Å². The largest absolute Gasteiger partial charge is 0.496 e. The quantitative estimate of drug-likeness (QED) is 0.703. The number of aromatic nitrogens is 2. The van der Waals surface area contributed by atoms with Crippen LogP contribution in [-0.4, -0.2) is 29.7 Å². The van der Waals surface area contributed by atoms with E-state index in [1.54, 1.807) is 7.11 Å². The van der Waals surface area contributed by atoms with Crippen molar-refractivity contribution in [2.75, 3.05) is 18.6 Å². The molecular weight excluding hydrogens is 342 g/mol. The minimum absolute atomic E-state index is 0.0748. The van der Waals surface area contributed by atoms with Crippen LogP contribution < -0.4 is 9.64 Å². The number of ether oxygens (including phenoxy) is 1. The second kappa shape index (κ2) is 6.87. The second-order valence-corrected chi connectivity index (χ2v) is 6.78. The summed E-state index contributed by atoms with van der Waals surface area (Å²) in [6, 6.07) is 13.5. The van der Waals surface area contributed by atoms with Crippen molar-refractivity contribution in [2.24, 2.45) is 0 Å². The minimum atomic E-state index is -0.117. The van der Waals surface area contributed by atoms with Gasteiger partial charge in [0.15, 0.2) is 0 Å². The fourth-order valence-electron chi connectivity index (χ4n) is 3.47. The number of amides is 1. The van der Waals surface area contributed by atoms with E-state index in [4.69, 9.17) is 9.26 Å². The number of carbonyl (C=O) groups excluding carboxylic acids is 1. The molecule has 1 fully saturated rings. The van der Waals surface area contributed by atoms with Crippen LogP contribution in [0.3, 0.4) is 0 Å². The van der Waals surface area contributed by atoms with Crippen molar-refractivity contribution in [2.45, 2.75) is 26.2 Å². The van der Waals surface area contributed by atoms with Crippen molar-refractivity contribution in [1.29, 1.82) is 0 Å². The first-order valence-electron chi connectivity index (χ1n) is 8.92. The molecule has 1 atom stereocenters. The SMILES string of the molecule is COc1ccccc1-c1noc(C2CC(=O)N(c3cccc(C)c3C)C2)n1. The molecule has 1 unspecified atom stereocenters. The average molecular weight is 363 g/mol. The Morgan fingerprint density at radius 2 is 1.96 bits per heavy atom. The van der Waals surface area contributed by atoms with E-state index in [2.05, 4.69) is 10.1 Å². The topological polar surface area (TPSA) is 68.5 Å². The first-order chi connectivity index (χ1) is 13.1. The predicted octanol–water partition coefficient (Wildman–Crippen LogP) is 3.88. The van der Waals surface area contributed by atoms with Crippen LogP contribution in [0.1, 0.15) is 29.4 Å². The highest BCUT2D eigenvalue weighted by Gasteiger charge is 2.36. The number of rotatable bonds is 4. The molecule has 1 saturated heterocycles. The van der Waals surface area contributed by atoms with E-state index in [0.29, 0.717) is 30.4 Å². The van der Waals surface area contributed by atoms with Gasteiger partial charge in [-0.25, -0.2) is 0 Å². The zero-order chi connectivity index (χ0) is 19.0. The normalized spacial score (nSPS) is 16.8. The Balaban J connectivity index is 1.60. The molecule has 2 aromatic carbocycles. The third-order valence-corrected chi connectivity index (χ3v) is 5.13. The summed E-state index contributed by atoms with van der Waals surface area (Å²) in [5.41, 5.74) is 4.00. The van der Waals surface area contributed by atoms with Crippen LogP contribution >= 0.6 is 0 Å². The Labute approximate surface area is 157 Å². The van der Waals surface area contributed by atoms with Gasteiger partial charge < -0.3 is 14.2 Å². The highest BCUT2D eigenvalue weighted by Crippen LogP contribution is 2.35. The maximum Gasteiger partial charge on any atom is 0.232 e. The van der Waals surface area contributed by atoms with Crippen LogP contribution in [-0.2, 0) is 4.79 Å². The molecule has 0 radical (unpaired) electrons. The Bertz CT molecular complexity index is 996. The molecule has 3 aromatic rings. The molecule has 4 rings (SSSR count). The lowest BCUT2D eigenvalue weighted by Crippen LogP contribution is -2.25. The van der Waals surface area contributed by atoms with Crippen LogP contribution in [0.15, 0.2) is 47.0 Å². The number of para-hydroxylation sites is 1. The Hall–Kier alpha value is -3.15. The molecule has 6 heteroatoms. The summed E-state index contributed by atoms with van der Waals surface area (Å²) in [5, 5.41) is 4.10. The van der Waals surface area contributed by atoms with Crippen molar-refractivity contribution in [3.8, 4) is 17.1 Å². The summed E-state index contributed by atoms with van der Waals surface area (Å²) in [4.78, 5) is 19.0. The van der Waals surface area contributed by atoms with Gasteiger partial charge in [0.1, 0.15) is 5.75 Å². The number of benzene rings is 2. The molecule has 0 bridgehead atoms. The minimum Gasteiger partial charge on any atom is -0.496 e. The van der Waals surface area contributed by atoms with E-state index in [1.807, 2.05) is 61.2 Å². The van der Waals surface area contributed by atoms with Gasteiger partial charge in [-0.15, -0.1) is 0 Å². The van der Waals surface area contributed by atoms with Crippen LogP contribution in [0.2, 0.25) is 0 Å². The van der Waals surface area contributed by atoms with Gasteiger partial charge in [0.25, 0.3) is 0 Å². The van der Waals surface area contributed by atoms with E-state index in [-0.39, 0.29) is 11.8 Å². The highest BCUT2D eigenvalue weighted by molar-refractivity contribution is 5.97. The number of anilines is 1. The van der Waals surface area contributed by atoms with Crippen molar-refractivity contribution < 1.29 is 14.1 Å². The van der Waals surface area contributed by atoms with Gasteiger partial charge in [0.05, 0.1) is 18.6 Å². The number of hydrogen-bond donors (Lipinski definition) is 0. The number of methoxy groups -OCH3 is 1. The maximum absolute atomic E-state index is 12.6. The molecular formula is C21H21N3O3. The van der Waals surface area contributed by atoms with Crippen LogP contribution in [0, 0.1) is 13.8 Å². The van der Waals surface area contributed by atoms with E-state index >= 15 is 0 Å². The maximum atomic E-state index is 12.6. The Morgan fingerprint density at radius 1 is 1.15 bits per heavy atom. The monoisotopic (exact) mass is 363 g/mol. The summed E-state index contributed by atoms with van der Waals surface area (Å²) >= 11 is 0. The molecule has 0 aliphatic carbocycles. The first kappa shape index (κ1) is 17.3. The smallest absolute Gasteiger partial charge is 0.232 e. The van der Waals surface area contributed by atoms with E-state index in [1.165, 1.54) is 5.56 Å². The molecule has 6 nitrogen and oxygen atoms in total. The van der Waals surface area contributed by atoms with E-state index in [0.717, 1.165) is 16.8 Å². The summed E-state index contributed by atoms with van der Waals surface area (Å²) in [5.74, 6) is 1.60. The zero-order valence-corrected chi connectivity index (χ0v) is 15.6. The lowest BCUT2D eigenvalue weighted by Gasteiger charge is -2.19. The Kier molecular flexibility index (Phi) is 4.39. The molecule has 1 aliphatic heterocycles. The fourth-order valence-corrected chi connectivity index (χ4v) is 3.47. The number of aryl methyl sites for hydroxylation is 1. The number of hydrogen-bond acceptors (Lipinski definition) is 5. The van der Waals surface area contributed by atoms with Gasteiger partial charge in [0, 0.05) is 18.7 Å². The Morgan fingerprint density at radius 3 is 2.78 bits per heavy atom. The summed E-state index contributed by atoms with van der Waals surface area (Å²) in [6.07, 6.45) is 0.362. The molecule has 0 saturated carbocycles. The molecule has 0 spiro atoms. The number of nitrogens with zero attached hydrogens (tertiary/aromatic N) is 3. The van der Waals surface area contributed by atoms with Gasteiger partial charge in [-0.1, -0.05) is 29.4 Å². The van der Waals surface area contributed by atoms with Crippen molar-refractivity contribution in [1.82, 2.24) is 10.1 Å². The zero-order valence-electron chi connectivity index (χ0n) is 15.6. The van der Waals surface area contributed by atoms with Gasteiger partial charge >= 0.3 is 0 Å². The summed E-state index contributed by atoms with van der Waals surface area (Å²) in [6.45, 7) is 4.63. The van der Waals surface area contributed by atoms with Gasteiger partial charge in [-0.3, -0.25) is 4.79 Å². The van der Waals surface area contributed by atoms with E-state index < -0.39 is 0 Å². The molecule has 2 heterocycles. The van der Waals surface area contributed by atoms with Crippen molar-refractivity contribution >= 4 is 11.6 Å². The third-order valence-electron chi connectivity index (χ3n) is 5.13. The van der Waals surface area contributed by atoms with Crippen molar-refractivity contribution in [3.63, 3.8) is 0 Å². The molecule has 27 heavy (non-hydrogen) atoms. The second-order valence-electron chi connectivity index (χ2n) is 6.78. The van der Waals surface area contributed by atoms with Crippen LogP contribution in [0.4, 0.5) is 5.69 Å². The van der Waals surface area contributed by atoms with Gasteiger partial charge in [-0.2, -0.15) is 4.98 Å². The van der Waals surface area contributed by atoms with Gasteiger partial charge in [0.2, 0.25) is 17.6 Å². The molecule has 1 aromatic heterocycles. The predicted molar refractivity (Wildman–Crippen MR) is 102 cm³/mol. The number of carbonyl (C=O) groups is 1. The standard InChI is InChI=1S/C21H21N3O3/c1-13-7-6-9-17(14(13)2)24-12-15(11-19(24)25)21-22-20(23-27-21)16-8-4-5-10-18(16)26-3/h4-10,15H,11-12H2,1-3H3. The summed E-state index contributed by atoms with van der Waals surface area (Å²) < 4.78 is 10.9. The average Bonchev–Trinajstić information content (AvgIpc) is 3.31. The highest BCUT2D eigenvalue weighted by atomic mass is 16.5. The summed E-state index contributed by atoms with van der Waals surface area (Å²) in [7, 11) is 1.61. The fraction of sp³-hybridized carbons (Fsp3) is 0.286. The first-order valence-corrected chi connectivity index (χ1v) is 8.92. The lowest BCUT2D eigenvalue weighted by molar-refractivity contribution is -0.117. The van der Waals surface area contributed by atoms with Crippen LogP contribution in [0.25, 0.3) is 11.4 Å². The molecule has 1 aliphatic rings. The van der Waals surface area contributed by atoms with Crippen LogP contribution in [0.5, 0.6) is 5.75 Å². The molecule has 138 valence electrons. The lowest BCUT2D eigenvalue weighted by atomic mass is 10.1. The molecule has 0 N–H and O–H groups in total. The molecule has 1 amide bonds. The van der Waals surface area contributed by atoms with Gasteiger partial charge in [-0.05, 0) is 43.2 Å². The third kappa shape index (κ3) is 3.07.